The molecule has 0 aliphatic carbocycles. The van der Waals surface area contributed by atoms with Crippen molar-refractivity contribution >= 4 is 0 Å². The molecule has 0 fully saturated rings. The Hall–Kier alpha value is -1.84. The smallest absolute Gasteiger partial charge is 0.295 e. The molecule has 4 nitrogen and oxygen atoms in total. The van der Waals surface area contributed by atoms with E-state index in [1.54, 1.807) is 7.05 Å². The zero-order valence-corrected chi connectivity index (χ0v) is 7.10. The van der Waals surface area contributed by atoms with Crippen LogP contribution in [-0.2, 0) is 7.05 Å². The second-order valence-electron chi connectivity index (χ2n) is 2.70. The van der Waals surface area contributed by atoms with E-state index in [-0.39, 0.29) is 0 Å². The highest BCUT2D eigenvalue weighted by Gasteiger charge is 2.07. The molecular formula is C9H8N2O2. The Morgan fingerprint density at radius 2 is 2.00 bits per heavy atom. The Balaban J connectivity index is 2.60. The Morgan fingerprint density at radius 3 is 2.54 bits per heavy atom. The minimum atomic E-state index is -0.446. The highest BCUT2D eigenvalue weighted by Crippen LogP contribution is 2.12. The van der Waals surface area contributed by atoms with Crippen LogP contribution in [0.4, 0.5) is 0 Å². The van der Waals surface area contributed by atoms with Crippen molar-refractivity contribution in [3.05, 3.63) is 40.9 Å². The third kappa shape index (κ3) is 1.26. The van der Waals surface area contributed by atoms with Gasteiger partial charge in [-0.25, -0.2) is 4.79 Å². The van der Waals surface area contributed by atoms with Crippen LogP contribution < -0.4 is 5.76 Å². The van der Waals surface area contributed by atoms with Gasteiger partial charge in [0.1, 0.15) is 0 Å². The van der Waals surface area contributed by atoms with Crippen LogP contribution >= 0.6 is 0 Å². The van der Waals surface area contributed by atoms with E-state index in [1.807, 2.05) is 30.3 Å². The zero-order valence-electron chi connectivity index (χ0n) is 7.10. The summed E-state index contributed by atoms with van der Waals surface area (Å²) >= 11 is 0. The molecule has 0 N–H and O–H groups in total. The summed E-state index contributed by atoms with van der Waals surface area (Å²) in [4.78, 5) is 10.9. The maximum atomic E-state index is 10.9. The summed E-state index contributed by atoms with van der Waals surface area (Å²) in [6.45, 7) is 0. The third-order valence-corrected chi connectivity index (χ3v) is 1.83. The van der Waals surface area contributed by atoms with Gasteiger partial charge in [0.2, 0.25) is 0 Å². The van der Waals surface area contributed by atoms with E-state index in [4.69, 9.17) is 0 Å². The molecular weight excluding hydrogens is 168 g/mol. The Bertz CT molecular complexity index is 456. The van der Waals surface area contributed by atoms with Crippen LogP contribution in [0.15, 0.2) is 39.6 Å². The van der Waals surface area contributed by atoms with Crippen LogP contribution in [0.2, 0.25) is 0 Å². The van der Waals surface area contributed by atoms with Gasteiger partial charge in [-0.3, -0.25) is 9.09 Å². The second kappa shape index (κ2) is 2.90. The molecule has 0 atom stereocenters. The van der Waals surface area contributed by atoms with Crippen LogP contribution in [0.25, 0.3) is 11.4 Å². The lowest BCUT2D eigenvalue weighted by molar-refractivity contribution is 0.380. The van der Waals surface area contributed by atoms with Crippen molar-refractivity contribution in [1.29, 1.82) is 0 Å². The van der Waals surface area contributed by atoms with Gasteiger partial charge in [-0.2, -0.15) is 0 Å². The van der Waals surface area contributed by atoms with Crippen LogP contribution in [0, 0.1) is 0 Å². The quantitative estimate of drug-likeness (QED) is 0.652. The fourth-order valence-electron chi connectivity index (χ4n) is 1.12. The fourth-order valence-corrected chi connectivity index (χ4v) is 1.12. The van der Waals surface area contributed by atoms with E-state index in [1.165, 1.54) is 4.57 Å². The number of benzene rings is 1. The van der Waals surface area contributed by atoms with Gasteiger partial charge in [0, 0.05) is 12.6 Å². The molecule has 0 radical (unpaired) electrons. The molecule has 2 aromatic rings. The summed E-state index contributed by atoms with van der Waals surface area (Å²) < 4.78 is 5.88. The predicted octanol–water partition coefficient (Wildman–Crippen LogP) is 1.04. The van der Waals surface area contributed by atoms with Crippen molar-refractivity contribution in [2.45, 2.75) is 0 Å². The number of rotatable bonds is 1. The highest BCUT2D eigenvalue weighted by atomic mass is 16.5. The van der Waals surface area contributed by atoms with Crippen molar-refractivity contribution in [3.63, 3.8) is 0 Å². The van der Waals surface area contributed by atoms with E-state index < -0.39 is 5.76 Å². The average Bonchev–Trinajstić information content (AvgIpc) is 2.49. The number of hydrogen-bond donors (Lipinski definition) is 0. The van der Waals surface area contributed by atoms with E-state index in [0.717, 1.165) is 5.56 Å². The summed E-state index contributed by atoms with van der Waals surface area (Å²) in [6.07, 6.45) is 0. The molecule has 13 heavy (non-hydrogen) atoms. The van der Waals surface area contributed by atoms with E-state index >= 15 is 0 Å². The molecule has 0 spiro atoms. The molecule has 1 aromatic heterocycles. The van der Waals surface area contributed by atoms with Crippen molar-refractivity contribution in [2.24, 2.45) is 7.05 Å². The van der Waals surface area contributed by atoms with Gasteiger partial charge in [0.05, 0.1) is 0 Å². The number of nitrogens with zero attached hydrogens (tertiary/aromatic N) is 2. The van der Waals surface area contributed by atoms with Crippen LogP contribution in [0.3, 0.4) is 0 Å². The van der Waals surface area contributed by atoms with Gasteiger partial charge >= 0.3 is 5.76 Å². The van der Waals surface area contributed by atoms with Crippen LogP contribution in [0.1, 0.15) is 0 Å². The summed E-state index contributed by atoms with van der Waals surface area (Å²) in [5, 5.41) is 3.66. The van der Waals surface area contributed by atoms with Crippen molar-refractivity contribution in [2.75, 3.05) is 0 Å². The molecule has 1 aromatic carbocycles. The largest absolute Gasteiger partial charge is 0.441 e. The van der Waals surface area contributed by atoms with Gasteiger partial charge in [-0.15, -0.1) is 0 Å². The molecule has 2 rings (SSSR count). The molecule has 66 valence electrons. The molecule has 1 heterocycles. The van der Waals surface area contributed by atoms with Gasteiger partial charge in [-0.05, 0) is 0 Å². The first-order chi connectivity index (χ1) is 6.29. The predicted molar refractivity (Wildman–Crippen MR) is 47.2 cm³/mol. The first kappa shape index (κ1) is 7.79. The van der Waals surface area contributed by atoms with Crippen molar-refractivity contribution < 1.29 is 4.52 Å². The SMILES string of the molecule is Cn1c(-c2ccccc2)noc1=O. The molecule has 0 amide bonds. The molecule has 0 saturated heterocycles. The van der Waals surface area contributed by atoms with E-state index in [2.05, 4.69) is 9.68 Å². The molecule has 0 unspecified atom stereocenters. The van der Waals surface area contributed by atoms with Crippen LogP contribution in [-0.4, -0.2) is 9.72 Å². The van der Waals surface area contributed by atoms with Gasteiger partial charge in [0.25, 0.3) is 0 Å². The molecule has 4 heteroatoms. The fraction of sp³-hybridized carbons (Fsp3) is 0.111. The monoisotopic (exact) mass is 176 g/mol. The molecule has 0 aliphatic heterocycles. The maximum Gasteiger partial charge on any atom is 0.441 e. The summed E-state index contributed by atoms with van der Waals surface area (Å²) in [5.41, 5.74) is 0.871. The molecule has 0 bridgehead atoms. The van der Waals surface area contributed by atoms with Gasteiger partial charge in [-0.1, -0.05) is 35.5 Å². The van der Waals surface area contributed by atoms with Crippen molar-refractivity contribution in [3.8, 4) is 11.4 Å². The zero-order chi connectivity index (χ0) is 9.26. The summed E-state index contributed by atoms with van der Waals surface area (Å²) in [6, 6.07) is 9.42. The summed E-state index contributed by atoms with van der Waals surface area (Å²) in [7, 11) is 1.63. The Kier molecular flexibility index (Phi) is 1.73. The number of aromatic nitrogens is 2. The standard InChI is InChI=1S/C9H8N2O2/c1-11-8(10-13-9(11)12)7-5-3-2-4-6-7/h2-6H,1H3. The molecule has 0 aliphatic rings. The Labute approximate surface area is 74.4 Å². The summed E-state index contributed by atoms with van der Waals surface area (Å²) in [5.74, 6) is 0.101. The maximum absolute atomic E-state index is 10.9. The first-order valence-electron chi connectivity index (χ1n) is 3.87. The minimum absolute atomic E-state index is 0.446. The molecule has 0 saturated carbocycles. The van der Waals surface area contributed by atoms with E-state index in [9.17, 15) is 4.79 Å². The minimum Gasteiger partial charge on any atom is -0.295 e. The highest BCUT2D eigenvalue weighted by molar-refractivity contribution is 5.53. The number of hydrogen-bond acceptors (Lipinski definition) is 3. The lowest BCUT2D eigenvalue weighted by atomic mass is 10.2. The second-order valence-corrected chi connectivity index (χ2v) is 2.70. The van der Waals surface area contributed by atoms with Crippen molar-refractivity contribution in [1.82, 2.24) is 9.72 Å². The third-order valence-electron chi connectivity index (χ3n) is 1.83. The lowest BCUT2D eigenvalue weighted by Crippen LogP contribution is -2.09. The topological polar surface area (TPSA) is 48.0 Å². The van der Waals surface area contributed by atoms with Gasteiger partial charge < -0.3 is 0 Å². The van der Waals surface area contributed by atoms with Gasteiger partial charge in [0.15, 0.2) is 5.82 Å². The van der Waals surface area contributed by atoms with Crippen LogP contribution in [0.5, 0.6) is 0 Å². The normalized spacial score (nSPS) is 10.2. The average molecular weight is 176 g/mol. The first-order valence-corrected chi connectivity index (χ1v) is 3.87. The van der Waals surface area contributed by atoms with E-state index in [0.29, 0.717) is 5.82 Å². The Morgan fingerprint density at radius 1 is 1.31 bits per heavy atom. The lowest BCUT2D eigenvalue weighted by Gasteiger charge is -1.95.